The van der Waals surface area contributed by atoms with E-state index < -0.39 is 74.3 Å². The fourth-order valence-corrected chi connectivity index (χ4v) is 2.45. The standard InChI is InChI=1S/C12H20O11/c13-1-3(15)9-8(19)10(11(20)22-9)23-12-7(18)6(17)5(16)4(2-14)21-12/h3-10,12-19H,1-2H2/t3-,4-,5-,6+,7-,8?,9-,10?,12-/m1/s1. The molecule has 0 aromatic rings. The zero-order valence-electron chi connectivity index (χ0n) is 11.9. The average molecular weight is 340 g/mol. The van der Waals surface area contributed by atoms with Gasteiger partial charge in [0.1, 0.15) is 36.6 Å². The van der Waals surface area contributed by atoms with Crippen LogP contribution in [0.2, 0.25) is 0 Å². The number of esters is 1. The van der Waals surface area contributed by atoms with Crippen molar-refractivity contribution < 1.29 is 54.8 Å². The van der Waals surface area contributed by atoms with Crippen molar-refractivity contribution in [2.75, 3.05) is 13.2 Å². The molecule has 0 saturated carbocycles. The Morgan fingerprint density at radius 2 is 1.70 bits per heavy atom. The number of ether oxygens (including phenoxy) is 3. The monoisotopic (exact) mass is 340 g/mol. The van der Waals surface area contributed by atoms with E-state index >= 15 is 0 Å². The van der Waals surface area contributed by atoms with Gasteiger partial charge in [0.15, 0.2) is 18.5 Å². The predicted molar refractivity (Wildman–Crippen MR) is 67.6 cm³/mol. The van der Waals surface area contributed by atoms with E-state index in [0.717, 1.165) is 0 Å². The highest BCUT2D eigenvalue weighted by Crippen LogP contribution is 2.27. The van der Waals surface area contributed by atoms with Crippen LogP contribution < -0.4 is 0 Å². The summed E-state index contributed by atoms with van der Waals surface area (Å²) in [7, 11) is 0. The van der Waals surface area contributed by atoms with Crippen LogP contribution in [0.1, 0.15) is 0 Å². The molecule has 0 spiro atoms. The smallest absolute Gasteiger partial charge is 0.338 e. The highest BCUT2D eigenvalue weighted by atomic mass is 16.7. The maximum atomic E-state index is 11.7. The van der Waals surface area contributed by atoms with Gasteiger partial charge in [0, 0.05) is 0 Å². The van der Waals surface area contributed by atoms with Crippen molar-refractivity contribution in [2.45, 2.75) is 55.1 Å². The third-order valence-electron chi connectivity index (χ3n) is 3.83. The van der Waals surface area contributed by atoms with Crippen LogP contribution in [0, 0.1) is 0 Å². The molecule has 0 bridgehead atoms. The number of carbonyl (C=O) groups is 1. The first kappa shape index (κ1) is 18.4. The second-order valence-electron chi connectivity index (χ2n) is 5.40. The van der Waals surface area contributed by atoms with Gasteiger partial charge in [-0.15, -0.1) is 0 Å². The van der Waals surface area contributed by atoms with Crippen molar-refractivity contribution in [3.63, 3.8) is 0 Å². The van der Waals surface area contributed by atoms with E-state index in [1.165, 1.54) is 0 Å². The number of rotatable bonds is 5. The topological polar surface area (TPSA) is 186 Å². The lowest BCUT2D eigenvalue weighted by Gasteiger charge is -2.40. The minimum absolute atomic E-state index is 0.686. The Kier molecular flexibility index (Phi) is 5.89. The number of aliphatic hydroxyl groups is 7. The van der Waals surface area contributed by atoms with Crippen LogP contribution >= 0.6 is 0 Å². The Morgan fingerprint density at radius 3 is 2.26 bits per heavy atom. The van der Waals surface area contributed by atoms with Gasteiger partial charge in [-0.3, -0.25) is 0 Å². The average Bonchev–Trinajstić information content (AvgIpc) is 2.82. The number of carbonyl (C=O) groups excluding carboxylic acids is 1. The second-order valence-corrected chi connectivity index (χ2v) is 5.40. The first-order valence-electron chi connectivity index (χ1n) is 6.95. The molecule has 9 atom stereocenters. The molecule has 2 aliphatic heterocycles. The molecule has 0 aliphatic carbocycles. The van der Waals surface area contributed by atoms with Crippen molar-refractivity contribution in [3.05, 3.63) is 0 Å². The Hall–Kier alpha value is -0.890. The maximum absolute atomic E-state index is 11.7. The van der Waals surface area contributed by atoms with Gasteiger partial charge in [-0.05, 0) is 0 Å². The van der Waals surface area contributed by atoms with Crippen LogP contribution in [0.5, 0.6) is 0 Å². The van der Waals surface area contributed by atoms with Crippen LogP contribution in [-0.4, -0.2) is 110 Å². The van der Waals surface area contributed by atoms with Crippen molar-refractivity contribution >= 4 is 5.97 Å². The van der Waals surface area contributed by atoms with Crippen LogP contribution in [0.3, 0.4) is 0 Å². The lowest BCUT2D eigenvalue weighted by Crippen LogP contribution is -2.60. The second kappa shape index (κ2) is 7.34. The van der Waals surface area contributed by atoms with Crippen LogP contribution in [0.4, 0.5) is 0 Å². The molecule has 11 nitrogen and oxygen atoms in total. The molecule has 11 heteroatoms. The van der Waals surface area contributed by atoms with E-state index in [9.17, 15) is 30.3 Å². The summed E-state index contributed by atoms with van der Waals surface area (Å²) in [4.78, 5) is 11.7. The lowest BCUT2D eigenvalue weighted by molar-refractivity contribution is -0.312. The normalized spacial score (nSPS) is 45.8. The fourth-order valence-electron chi connectivity index (χ4n) is 2.45. The van der Waals surface area contributed by atoms with Gasteiger partial charge < -0.3 is 50.0 Å². The lowest BCUT2D eigenvalue weighted by atomic mass is 9.99. The quantitative estimate of drug-likeness (QED) is 0.237. The SMILES string of the molecule is O=C1O[C@H]([C@H](O)CO)C(O)C1O[C@H]1O[C@H](CO)[C@@H](O)[C@H](O)[C@H]1O. The van der Waals surface area contributed by atoms with Crippen molar-refractivity contribution in [1.29, 1.82) is 0 Å². The molecule has 0 aromatic carbocycles. The third kappa shape index (κ3) is 3.47. The van der Waals surface area contributed by atoms with Crippen molar-refractivity contribution in [1.82, 2.24) is 0 Å². The molecule has 23 heavy (non-hydrogen) atoms. The molecule has 2 unspecified atom stereocenters. The Labute approximate surface area is 130 Å². The highest BCUT2D eigenvalue weighted by Gasteiger charge is 2.52. The Balaban J connectivity index is 2.07. The van der Waals surface area contributed by atoms with Crippen LogP contribution in [0.25, 0.3) is 0 Å². The van der Waals surface area contributed by atoms with Crippen LogP contribution in [0.15, 0.2) is 0 Å². The zero-order chi connectivity index (χ0) is 17.3. The van der Waals surface area contributed by atoms with E-state index in [1.54, 1.807) is 0 Å². The summed E-state index contributed by atoms with van der Waals surface area (Å²) in [5.74, 6) is -1.06. The molecule has 0 aromatic heterocycles. The molecule has 2 saturated heterocycles. The van der Waals surface area contributed by atoms with E-state index in [2.05, 4.69) is 0 Å². The summed E-state index contributed by atoms with van der Waals surface area (Å²) in [6, 6.07) is 0. The Morgan fingerprint density at radius 1 is 1.04 bits per heavy atom. The molecule has 2 rings (SSSR count). The van der Waals surface area contributed by atoms with Gasteiger partial charge in [-0.2, -0.15) is 0 Å². The summed E-state index contributed by atoms with van der Waals surface area (Å²) >= 11 is 0. The molecule has 0 amide bonds. The van der Waals surface area contributed by atoms with Gasteiger partial charge in [0.25, 0.3) is 0 Å². The van der Waals surface area contributed by atoms with Gasteiger partial charge in [0.2, 0.25) is 0 Å². The molecule has 7 N–H and O–H groups in total. The summed E-state index contributed by atoms with van der Waals surface area (Å²) in [6.45, 7) is -1.45. The van der Waals surface area contributed by atoms with Crippen molar-refractivity contribution in [2.24, 2.45) is 0 Å². The van der Waals surface area contributed by atoms with E-state index in [0.29, 0.717) is 0 Å². The summed E-state index contributed by atoms with van der Waals surface area (Å²) < 4.78 is 14.8. The van der Waals surface area contributed by atoms with E-state index in [1.807, 2.05) is 0 Å². The first-order chi connectivity index (χ1) is 10.8. The van der Waals surface area contributed by atoms with Crippen LogP contribution in [-0.2, 0) is 19.0 Å². The highest BCUT2D eigenvalue weighted by molar-refractivity contribution is 5.78. The molecule has 2 heterocycles. The predicted octanol–water partition coefficient (Wildman–Crippen LogP) is -5.19. The molecule has 134 valence electrons. The number of hydrogen-bond donors (Lipinski definition) is 7. The number of hydrogen-bond acceptors (Lipinski definition) is 11. The maximum Gasteiger partial charge on any atom is 0.338 e. The summed E-state index contributed by atoms with van der Waals surface area (Å²) in [6.07, 6.45) is -14.2. The summed E-state index contributed by atoms with van der Waals surface area (Å²) in [5.41, 5.74) is 0. The molecular formula is C12H20O11. The third-order valence-corrected chi connectivity index (χ3v) is 3.83. The first-order valence-corrected chi connectivity index (χ1v) is 6.95. The zero-order valence-corrected chi connectivity index (χ0v) is 11.9. The van der Waals surface area contributed by atoms with E-state index in [4.69, 9.17) is 24.4 Å². The molecule has 2 fully saturated rings. The van der Waals surface area contributed by atoms with E-state index in [-0.39, 0.29) is 0 Å². The van der Waals surface area contributed by atoms with Gasteiger partial charge >= 0.3 is 5.97 Å². The largest absolute Gasteiger partial charge is 0.455 e. The fraction of sp³-hybridized carbons (Fsp3) is 0.917. The number of aliphatic hydroxyl groups excluding tert-OH is 7. The minimum atomic E-state index is -1.75. The van der Waals surface area contributed by atoms with Gasteiger partial charge in [-0.25, -0.2) is 4.79 Å². The molecule has 0 radical (unpaired) electrons. The Bertz CT molecular complexity index is 416. The van der Waals surface area contributed by atoms with Gasteiger partial charge in [-0.1, -0.05) is 0 Å². The molecular weight excluding hydrogens is 320 g/mol. The van der Waals surface area contributed by atoms with Gasteiger partial charge in [0.05, 0.1) is 13.2 Å². The molecule has 2 aliphatic rings. The summed E-state index contributed by atoms with van der Waals surface area (Å²) in [5, 5.41) is 66.4. The number of cyclic esters (lactones) is 1. The minimum Gasteiger partial charge on any atom is -0.455 e. The van der Waals surface area contributed by atoms with Crippen molar-refractivity contribution in [3.8, 4) is 0 Å².